The summed E-state index contributed by atoms with van der Waals surface area (Å²) in [4.78, 5) is 33.4. The lowest BCUT2D eigenvalue weighted by Gasteiger charge is -2.36. The molecule has 0 radical (unpaired) electrons. The highest BCUT2D eigenvalue weighted by Crippen LogP contribution is 2.36. The maximum Gasteiger partial charge on any atom is 0.270 e. The van der Waals surface area contributed by atoms with Crippen molar-refractivity contribution in [3.05, 3.63) is 67.3 Å². The number of likely N-dealkylation sites (N-methyl/N-ethyl adjacent to an activating group) is 1. The van der Waals surface area contributed by atoms with Crippen LogP contribution in [0.3, 0.4) is 0 Å². The summed E-state index contributed by atoms with van der Waals surface area (Å²) < 4.78 is 2.23. The van der Waals surface area contributed by atoms with Gasteiger partial charge in [0.2, 0.25) is 0 Å². The van der Waals surface area contributed by atoms with Gasteiger partial charge in [0, 0.05) is 38.3 Å². The predicted octanol–water partition coefficient (Wildman–Crippen LogP) is 3.90. The zero-order valence-electron chi connectivity index (χ0n) is 21.2. The van der Waals surface area contributed by atoms with Crippen molar-refractivity contribution in [1.82, 2.24) is 14.4 Å². The fourth-order valence-corrected chi connectivity index (χ4v) is 5.81. The van der Waals surface area contributed by atoms with Gasteiger partial charge in [0.15, 0.2) is 0 Å². The van der Waals surface area contributed by atoms with Crippen LogP contribution in [0.5, 0.6) is 0 Å². The quantitative estimate of drug-likeness (QED) is 0.422. The molecule has 1 aromatic heterocycles. The Hall–Kier alpha value is -2.93. The molecule has 2 aromatic rings. The lowest BCUT2D eigenvalue weighted by atomic mass is 10.0. The van der Waals surface area contributed by atoms with Crippen LogP contribution in [0.25, 0.3) is 6.08 Å². The molecule has 0 aliphatic carbocycles. The number of nitriles is 1. The fraction of sp³-hybridized carbons (Fsp3) is 0.407. The van der Waals surface area contributed by atoms with Crippen molar-refractivity contribution in [3.63, 3.8) is 0 Å². The van der Waals surface area contributed by atoms with Crippen LogP contribution in [0.15, 0.2) is 34.0 Å². The second-order valence-corrected chi connectivity index (χ2v) is 11.0. The number of aromatic nitrogens is 1. The van der Waals surface area contributed by atoms with Crippen LogP contribution in [0, 0.1) is 25.2 Å². The number of hydrogen-bond donors (Lipinski definition) is 0. The van der Waals surface area contributed by atoms with Crippen molar-refractivity contribution < 1.29 is 4.79 Å². The number of benzene rings is 1. The van der Waals surface area contributed by atoms with Crippen LogP contribution in [-0.2, 0) is 17.9 Å². The van der Waals surface area contributed by atoms with E-state index >= 15 is 0 Å². The number of pyridine rings is 1. The van der Waals surface area contributed by atoms with E-state index in [-0.39, 0.29) is 17.0 Å². The number of anilines is 1. The maximum absolute atomic E-state index is 13.5. The summed E-state index contributed by atoms with van der Waals surface area (Å²) in [5, 5.41) is 9.83. The van der Waals surface area contributed by atoms with Crippen LogP contribution in [0.4, 0.5) is 5.82 Å². The minimum atomic E-state index is -0.269. The first kappa shape index (κ1) is 26.1. The molecule has 2 saturated heterocycles. The number of aryl methyl sites for hydroxylation is 1. The Labute approximate surface area is 222 Å². The van der Waals surface area contributed by atoms with Gasteiger partial charge in [-0.15, -0.1) is 0 Å². The average molecular weight is 522 g/mol. The minimum Gasteiger partial charge on any atom is -0.355 e. The monoisotopic (exact) mass is 521 g/mol. The van der Waals surface area contributed by atoms with Crippen molar-refractivity contribution in [2.45, 2.75) is 40.3 Å². The highest BCUT2D eigenvalue weighted by molar-refractivity contribution is 8.26. The lowest BCUT2D eigenvalue weighted by Crippen LogP contribution is -2.47. The molecular formula is C27H31N5O2S2. The molecule has 0 N–H and O–H groups in total. The highest BCUT2D eigenvalue weighted by atomic mass is 32.2. The van der Waals surface area contributed by atoms with Crippen molar-refractivity contribution >= 4 is 46.1 Å². The van der Waals surface area contributed by atoms with E-state index in [1.165, 1.54) is 11.8 Å². The molecule has 36 heavy (non-hydrogen) atoms. The smallest absolute Gasteiger partial charge is 0.270 e. The van der Waals surface area contributed by atoms with E-state index in [1.54, 1.807) is 16.4 Å². The van der Waals surface area contributed by atoms with Gasteiger partial charge in [-0.2, -0.15) is 5.26 Å². The molecule has 1 amide bonds. The third kappa shape index (κ3) is 5.12. The third-order valence-electron chi connectivity index (χ3n) is 6.71. The molecule has 1 aromatic carbocycles. The molecule has 2 aliphatic heterocycles. The van der Waals surface area contributed by atoms with Gasteiger partial charge in [0.25, 0.3) is 11.5 Å². The fourth-order valence-electron chi connectivity index (χ4n) is 4.58. The molecule has 7 nitrogen and oxygen atoms in total. The molecule has 2 aliphatic rings. The number of amides is 1. The maximum atomic E-state index is 13.5. The summed E-state index contributed by atoms with van der Waals surface area (Å²) in [5.41, 5.74) is 3.38. The molecule has 4 rings (SSSR count). The Bertz CT molecular complexity index is 1320. The van der Waals surface area contributed by atoms with Crippen molar-refractivity contribution in [3.8, 4) is 6.07 Å². The predicted molar refractivity (Wildman–Crippen MR) is 150 cm³/mol. The molecule has 3 heterocycles. The Kier molecular flexibility index (Phi) is 7.98. The summed E-state index contributed by atoms with van der Waals surface area (Å²) in [5.74, 6) is 0.635. The number of thioether (sulfide) groups is 1. The topological polar surface area (TPSA) is 72.6 Å². The first-order valence-corrected chi connectivity index (χ1v) is 13.4. The van der Waals surface area contributed by atoms with Gasteiger partial charge in [-0.25, -0.2) is 0 Å². The van der Waals surface area contributed by atoms with Crippen molar-refractivity contribution in [2.75, 3.05) is 38.1 Å². The van der Waals surface area contributed by atoms with Gasteiger partial charge >= 0.3 is 0 Å². The summed E-state index contributed by atoms with van der Waals surface area (Å²) in [6, 6.07) is 10.2. The number of rotatable bonds is 6. The number of thiocarbonyl (C=S) groups is 1. The van der Waals surface area contributed by atoms with Crippen LogP contribution in [-0.4, -0.2) is 57.8 Å². The Morgan fingerprint density at radius 2 is 1.78 bits per heavy atom. The van der Waals surface area contributed by atoms with Gasteiger partial charge in [-0.3, -0.25) is 19.1 Å². The molecule has 2 fully saturated rings. The van der Waals surface area contributed by atoms with E-state index in [4.69, 9.17) is 12.2 Å². The largest absolute Gasteiger partial charge is 0.355 e. The first-order valence-electron chi connectivity index (χ1n) is 12.2. The summed E-state index contributed by atoms with van der Waals surface area (Å²) in [7, 11) is 2.08. The van der Waals surface area contributed by atoms with Gasteiger partial charge in [-0.1, -0.05) is 60.7 Å². The van der Waals surface area contributed by atoms with Crippen LogP contribution in [0.2, 0.25) is 0 Å². The minimum absolute atomic E-state index is 0.128. The normalized spacial score (nSPS) is 17.8. The van der Waals surface area contributed by atoms with Gasteiger partial charge in [0.1, 0.15) is 21.8 Å². The second kappa shape index (κ2) is 11.0. The van der Waals surface area contributed by atoms with Crippen LogP contribution < -0.4 is 10.5 Å². The zero-order chi connectivity index (χ0) is 26.0. The number of carbonyl (C=O) groups excluding carboxylic acids is 1. The van der Waals surface area contributed by atoms with Crippen molar-refractivity contribution in [2.24, 2.45) is 0 Å². The number of piperazine rings is 1. The number of nitrogens with zero attached hydrogens (tertiary/aromatic N) is 5. The first-order chi connectivity index (χ1) is 17.2. The van der Waals surface area contributed by atoms with E-state index < -0.39 is 0 Å². The van der Waals surface area contributed by atoms with E-state index in [1.807, 2.05) is 44.2 Å². The molecule has 0 bridgehead atoms. The molecule has 188 valence electrons. The molecule has 0 spiro atoms. The van der Waals surface area contributed by atoms with E-state index in [2.05, 4.69) is 22.9 Å². The van der Waals surface area contributed by atoms with Gasteiger partial charge in [0.05, 0.1) is 11.4 Å². The standard InChI is InChI=1S/C27H31N5O2S2/c1-5-10-31-24(30-13-11-29(4)12-14-30)21(19(3)22(16-28)25(31)33)15-23-26(34)32(27(35)36-23)17-20-8-6-18(2)7-9-20/h6-9,15H,5,10-14,17H2,1-4H3/b23-15+. The molecular weight excluding hydrogens is 490 g/mol. The van der Waals surface area contributed by atoms with Gasteiger partial charge in [-0.05, 0) is 44.5 Å². The Morgan fingerprint density at radius 1 is 1.11 bits per heavy atom. The molecule has 0 saturated carbocycles. The number of carbonyl (C=O) groups is 1. The summed E-state index contributed by atoms with van der Waals surface area (Å²) in [6.45, 7) is 10.0. The van der Waals surface area contributed by atoms with E-state index in [0.29, 0.717) is 27.9 Å². The molecule has 0 atom stereocenters. The van der Waals surface area contributed by atoms with E-state index in [0.717, 1.165) is 55.1 Å². The van der Waals surface area contributed by atoms with Crippen molar-refractivity contribution in [1.29, 1.82) is 5.26 Å². The number of hydrogen-bond acceptors (Lipinski definition) is 7. The zero-order valence-corrected chi connectivity index (χ0v) is 22.8. The average Bonchev–Trinajstić information content (AvgIpc) is 3.12. The third-order valence-corrected chi connectivity index (χ3v) is 8.08. The van der Waals surface area contributed by atoms with Crippen LogP contribution >= 0.6 is 24.0 Å². The molecule has 9 heteroatoms. The van der Waals surface area contributed by atoms with Crippen LogP contribution in [0.1, 0.15) is 41.2 Å². The van der Waals surface area contributed by atoms with E-state index in [9.17, 15) is 14.9 Å². The summed E-state index contributed by atoms with van der Waals surface area (Å²) in [6.07, 6.45) is 2.59. The van der Waals surface area contributed by atoms with Gasteiger partial charge < -0.3 is 9.80 Å². The lowest BCUT2D eigenvalue weighted by molar-refractivity contribution is -0.122. The molecule has 0 unspecified atom stereocenters. The Balaban J connectivity index is 1.80. The summed E-state index contributed by atoms with van der Waals surface area (Å²) >= 11 is 6.85. The SMILES string of the molecule is CCCn1c(N2CCN(C)CC2)c(/C=C2/SC(=S)N(Cc3ccc(C)cc3)C2=O)c(C)c(C#N)c1=O. The highest BCUT2D eigenvalue weighted by Gasteiger charge is 2.33. The second-order valence-electron chi connectivity index (χ2n) is 9.35. The Morgan fingerprint density at radius 3 is 2.39 bits per heavy atom.